The van der Waals surface area contributed by atoms with Crippen molar-refractivity contribution in [3.63, 3.8) is 0 Å². The molecule has 0 bridgehead atoms. The van der Waals surface area contributed by atoms with Gasteiger partial charge in [0.2, 0.25) is 0 Å². The Bertz CT molecular complexity index is 1070. The second-order valence-corrected chi connectivity index (χ2v) is 8.85. The maximum atomic E-state index is 12.0. The smallest absolute Gasteiger partial charge is 0.339 e. The lowest BCUT2D eigenvalue weighted by atomic mass is 10.2. The largest absolute Gasteiger partial charge is 0.488 e. The maximum Gasteiger partial charge on any atom is 0.339 e. The molecule has 0 atom stereocenters. The number of hydrogen-bond acceptors (Lipinski definition) is 3. The molecule has 0 aromatic heterocycles. The zero-order valence-electron chi connectivity index (χ0n) is 16.0. The molecule has 0 saturated carbocycles. The minimum absolute atomic E-state index is 0.411. The van der Waals surface area contributed by atoms with Crippen LogP contribution in [0.1, 0.15) is 16.7 Å². The number of nitrogens with zero attached hydrogens (tertiary/aromatic N) is 1. The van der Waals surface area contributed by atoms with E-state index in [9.17, 15) is 4.79 Å². The Labute approximate surface area is 202 Å². The number of amides is 2. The molecule has 154 valence electrons. The summed E-state index contributed by atoms with van der Waals surface area (Å²) < 4.78 is 7.80. The third-order valence-corrected chi connectivity index (χ3v) is 6.04. The SMILES string of the molecule is Cc1cc(NC(=O)N/N=C/c2ccc(OCc3ccc(Cl)cc3)c(I)c2)ccc1Br. The molecule has 3 rings (SSSR count). The van der Waals surface area contributed by atoms with Crippen LogP contribution in [-0.2, 0) is 6.61 Å². The van der Waals surface area contributed by atoms with Gasteiger partial charge in [0.05, 0.1) is 9.78 Å². The molecular weight excluding hydrogens is 581 g/mol. The summed E-state index contributed by atoms with van der Waals surface area (Å²) in [6, 6.07) is 18.4. The van der Waals surface area contributed by atoms with Crippen molar-refractivity contribution in [3.05, 3.63) is 90.4 Å². The average molecular weight is 599 g/mol. The molecule has 0 aliphatic rings. The zero-order chi connectivity index (χ0) is 21.5. The molecule has 3 aromatic carbocycles. The Morgan fingerprint density at radius 2 is 1.93 bits per heavy atom. The predicted molar refractivity (Wildman–Crippen MR) is 134 cm³/mol. The monoisotopic (exact) mass is 597 g/mol. The van der Waals surface area contributed by atoms with Gasteiger partial charge in [-0.15, -0.1) is 0 Å². The van der Waals surface area contributed by atoms with Crippen molar-refractivity contribution in [1.82, 2.24) is 5.43 Å². The van der Waals surface area contributed by atoms with Gasteiger partial charge in [-0.2, -0.15) is 5.10 Å². The number of urea groups is 1. The number of aryl methyl sites for hydroxylation is 1. The summed E-state index contributed by atoms with van der Waals surface area (Å²) in [7, 11) is 0. The highest BCUT2D eigenvalue weighted by molar-refractivity contribution is 14.1. The lowest BCUT2D eigenvalue weighted by Crippen LogP contribution is -2.24. The van der Waals surface area contributed by atoms with Crippen LogP contribution in [-0.4, -0.2) is 12.2 Å². The van der Waals surface area contributed by atoms with Crippen molar-refractivity contribution in [2.24, 2.45) is 5.10 Å². The van der Waals surface area contributed by atoms with Gasteiger partial charge in [-0.25, -0.2) is 10.2 Å². The first kappa shape index (κ1) is 22.6. The van der Waals surface area contributed by atoms with Crippen LogP contribution in [0, 0.1) is 10.5 Å². The maximum absolute atomic E-state index is 12.0. The number of hydrazone groups is 1. The van der Waals surface area contributed by atoms with Crippen LogP contribution in [0.2, 0.25) is 5.02 Å². The number of ether oxygens (including phenoxy) is 1. The van der Waals surface area contributed by atoms with E-state index in [1.54, 1.807) is 6.21 Å². The van der Waals surface area contributed by atoms with E-state index >= 15 is 0 Å². The first-order valence-electron chi connectivity index (χ1n) is 8.94. The molecule has 0 radical (unpaired) electrons. The molecule has 3 aromatic rings. The number of carbonyl (C=O) groups is 1. The van der Waals surface area contributed by atoms with Crippen molar-refractivity contribution in [2.75, 3.05) is 5.32 Å². The standard InChI is InChI=1S/C22H18BrClIN3O2/c1-14-10-18(7-8-19(14)23)27-22(29)28-26-12-16-4-9-21(20(25)11-16)30-13-15-2-5-17(24)6-3-15/h2-12H,13H2,1H3,(H2,27,28,29)/b26-12+. The summed E-state index contributed by atoms with van der Waals surface area (Å²) in [6.45, 7) is 2.41. The van der Waals surface area contributed by atoms with Gasteiger partial charge in [0.25, 0.3) is 0 Å². The summed E-state index contributed by atoms with van der Waals surface area (Å²) in [4.78, 5) is 12.0. The highest BCUT2D eigenvalue weighted by atomic mass is 127. The van der Waals surface area contributed by atoms with Gasteiger partial charge >= 0.3 is 6.03 Å². The van der Waals surface area contributed by atoms with E-state index in [4.69, 9.17) is 16.3 Å². The van der Waals surface area contributed by atoms with Gasteiger partial charge in [0, 0.05) is 15.2 Å². The fourth-order valence-corrected chi connectivity index (χ4v) is 3.57. The van der Waals surface area contributed by atoms with Gasteiger partial charge in [-0.05, 0) is 94.7 Å². The number of carbonyl (C=O) groups excluding carboxylic acids is 1. The quantitative estimate of drug-likeness (QED) is 0.187. The summed E-state index contributed by atoms with van der Waals surface area (Å²) >= 11 is 11.5. The van der Waals surface area contributed by atoms with Crippen LogP contribution < -0.4 is 15.5 Å². The predicted octanol–water partition coefficient (Wildman–Crippen LogP) is 6.75. The van der Waals surface area contributed by atoms with E-state index in [-0.39, 0.29) is 0 Å². The molecular formula is C22H18BrClIN3O2. The number of rotatable bonds is 6. The van der Waals surface area contributed by atoms with E-state index in [1.165, 1.54) is 0 Å². The Kier molecular flexibility index (Phi) is 8.12. The minimum Gasteiger partial charge on any atom is -0.488 e. The second kappa shape index (κ2) is 10.8. The molecule has 0 aliphatic heterocycles. The van der Waals surface area contributed by atoms with E-state index in [1.807, 2.05) is 67.6 Å². The highest BCUT2D eigenvalue weighted by Gasteiger charge is 2.04. The van der Waals surface area contributed by atoms with E-state index in [0.717, 1.165) is 30.5 Å². The van der Waals surface area contributed by atoms with Crippen molar-refractivity contribution in [1.29, 1.82) is 0 Å². The number of anilines is 1. The van der Waals surface area contributed by atoms with Crippen LogP contribution in [0.25, 0.3) is 0 Å². The van der Waals surface area contributed by atoms with Crippen LogP contribution >= 0.6 is 50.1 Å². The third-order valence-electron chi connectivity index (χ3n) is 4.06. The Balaban J connectivity index is 1.52. The molecule has 0 unspecified atom stereocenters. The highest BCUT2D eigenvalue weighted by Crippen LogP contribution is 2.23. The Hall–Kier alpha value is -2.10. The summed E-state index contributed by atoms with van der Waals surface area (Å²) in [5.74, 6) is 0.777. The van der Waals surface area contributed by atoms with Crippen LogP contribution in [0.5, 0.6) is 5.75 Å². The molecule has 5 nitrogen and oxygen atoms in total. The number of halogens is 3. The molecule has 0 saturated heterocycles. The van der Waals surface area contributed by atoms with Gasteiger partial charge in [-0.3, -0.25) is 0 Å². The zero-order valence-corrected chi connectivity index (χ0v) is 20.5. The normalized spacial score (nSPS) is 10.8. The summed E-state index contributed by atoms with van der Waals surface area (Å²) in [5, 5.41) is 7.44. The van der Waals surface area contributed by atoms with Crippen molar-refractivity contribution >= 4 is 68.1 Å². The topological polar surface area (TPSA) is 62.7 Å². The molecule has 2 N–H and O–H groups in total. The molecule has 2 amide bonds. The van der Waals surface area contributed by atoms with Crippen molar-refractivity contribution < 1.29 is 9.53 Å². The Morgan fingerprint density at radius 1 is 1.17 bits per heavy atom. The van der Waals surface area contributed by atoms with Gasteiger partial charge in [0.1, 0.15) is 12.4 Å². The van der Waals surface area contributed by atoms with Crippen LogP contribution in [0.4, 0.5) is 10.5 Å². The first-order chi connectivity index (χ1) is 14.4. The third kappa shape index (κ3) is 6.72. The average Bonchev–Trinajstić information content (AvgIpc) is 2.71. The van der Waals surface area contributed by atoms with E-state index in [2.05, 4.69) is 54.4 Å². The number of nitrogens with one attached hydrogen (secondary N) is 2. The fourth-order valence-electron chi connectivity index (χ4n) is 2.50. The van der Waals surface area contributed by atoms with E-state index < -0.39 is 6.03 Å². The van der Waals surface area contributed by atoms with Crippen molar-refractivity contribution in [2.45, 2.75) is 13.5 Å². The summed E-state index contributed by atoms with van der Waals surface area (Å²) in [6.07, 6.45) is 1.58. The molecule has 0 heterocycles. The number of hydrogen-bond donors (Lipinski definition) is 2. The van der Waals surface area contributed by atoms with Gasteiger partial charge in [0.15, 0.2) is 0 Å². The molecule has 0 fully saturated rings. The van der Waals surface area contributed by atoms with Crippen LogP contribution in [0.15, 0.2) is 70.2 Å². The number of benzene rings is 3. The molecule has 8 heteroatoms. The fraction of sp³-hybridized carbons (Fsp3) is 0.0909. The summed E-state index contributed by atoms with van der Waals surface area (Å²) in [5.41, 5.74) is 6.07. The Morgan fingerprint density at radius 3 is 2.63 bits per heavy atom. The van der Waals surface area contributed by atoms with Crippen LogP contribution in [0.3, 0.4) is 0 Å². The first-order valence-corrected chi connectivity index (χ1v) is 11.2. The lowest BCUT2D eigenvalue weighted by molar-refractivity contribution is 0.252. The molecule has 0 spiro atoms. The molecule has 30 heavy (non-hydrogen) atoms. The lowest BCUT2D eigenvalue weighted by Gasteiger charge is -2.09. The van der Waals surface area contributed by atoms with Gasteiger partial charge < -0.3 is 10.1 Å². The second-order valence-electron chi connectivity index (χ2n) is 6.39. The molecule has 0 aliphatic carbocycles. The van der Waals surface area contributed by atoms with Crippen molar-refractivity contribution in [3.8, 4) is 5.75 Å². The van der Waals surface area contributed by atoms with Gasteiger partial charge in [-0.1, -0.05) is 39.7 Å². The minimum atomic E-state index is -0.411. The van der Waals surface area contributed by atoms with E-state index in [0.29, 0.717) is 17.3 Å².